The molecule has 12 heteroatoms. The lowest BCUT2D eigenvalue weighted by atomic mass is 9.95. The zero-order valence-electron chi connectivity index (χ0n) is 33.3. The molecule has 4 aromatic rings. The molecule has 3 aromatic carbocycles. The Morgan fingerprint density at radius 1 is 0.789 bits per heavy atom. The Labute approximate surface area is 339 Å². The number of amides is 3. The molecule has 0 atom stereocenters. The van der Waals surface area contributed by atoms with Gasteiger partial charge in [-0.2, -0.15) is 0 Å². The number of benzene rings is 3. The summed E-state index contributed by atoms with van der Waals surface area (Å²) in [6, 6.07) is 23.6. The molecular formula is C45H54N4O7S. The molecule has 1 heterocycles. The number of anilines is 2. The quantitative estimate of drug-likeness (QED) is 0.0713. The summed E-state index contributed by atoms with van der Waals surface area (Å²) < 4.78 is 15.1. The predicted octanol–water partition coefficient (Wildman–Crippen LogP) is 7.18. The molecule has 302 valence electrons. The molecule has 2 aliphatic carbocycles. The molecule has 2 N–H and O–H groups in total. The molecule has 3 amide bonds. The van der Waals surface area contributed by atoms with Crippen molar-refractivity contribution >= 4 is 45.7 Å². The van der Waals surface area contributed by atoms with E-state index in [1.54, 1.807) is 24.1 Å². The number of hydrogen-bond acceptors (Lipinski definition) is 9. The number of aryl methyl sites for hydroxylation is 3. The van der Waals surface area contributed by atoms with Crippen LogP contribution >= 0.6 is 11.3 Å². The minimum Gasteiger partial charge on any atom is -0.465 e. The van der Waals surface area contributed by atoms with Gasteiger partial charge in [0.1, 0.15) is 11.6 Å². The van der Waals surface area contributed by atoms with Crippen molar-refractivity contribution in [3.05, 3.63) is 117 Å². The zero-order valence-corrected chi connectivity index (χ0v) is 34.1. The lowest BCUT2D eigenvalue weighted by Gasteiger charge is -2.24. The number of carbonyl (C=O) groups is 4. The van der Waals surface area contributed by atoms with Gasteiger partial charge in [0.05, 0.1) is 31.5 Å². The third kappa shape index (κ3) is 11.8. The molecule has 0 unspecified atom stereocenters. The van der Waals surface area contributed by atoms with Gasteiger partial charge >= 0.3 is 5.97 Å². The maximum atomic E-state index is 13.9. The van der Waals surface area contributed by atoms with E-state index in [0.29, 0.717) is 59.7 Å². The fourth-order valence-corrected chi connectivity index (χ4v) is 8.44. The van der Waals surface area contributed by atoms with Crippen molar-refractivity contribution in [2.24, 2.45) is 0 Å². The van der Waals surface area contributed by atoms with Crippen LogP contribution < -0.4 is 10.6 Å². The molecular weight excluding hydrogens is 741 g/mol. The Hall–Kier alpha value is -4.88. The molecule has 11 nitrogen and oxygen atoms in total. The molecule has 0 aliphatic heterocycles. The van der Waals surface area contributed by atoms with Crippen LogP contribution in [0.25, 0.3) is 0 Å². The molecule has 0 bridgehead atoms. The Bertz CT molecular complexity index is 1990. The normalized spacial score (nSPS) is 13.5. The van der Waals surface area contributed by atoms with Crippen LogP contribution in [0.1, 0.15) is 90.3 Å². The van der Waals surface area contributed by atoms with Gasteiger partial charge in [-0.15, -0.1) is 11.3 Å². The first kappa shape index (κ1) is 41.7. The Kier molecular flexibility index (Phi) is 15.0. The standard InChI is InChI=1S/C45H54N4O7S/c1-48(40(50)30-56-27-26-54-2)24-7-25-49(37-22-23-37)29-33-8-6-9-35(28-33)42(51)47-44-41(38-10-4-5-11-39(38)57-44)43(52)46-36-20-16-32(17-21-36)13-12-31-14-18-34(19-15-31)45(53)55-3/h6,8-9,14-21,28,37H,4-5,7,10-13,22-27,29-30H2,1-3H3,(H,46,52)(H,47,51). The van der Waals surface area contributed by atoms with E-state index in [4.69, 9.17) is 14.2 Å². The summed E-state index contributed by atoms with van der Waals surface area (Å²) in [5, 5.41) is 6.81. The number of esters is 1. The minimum absolute atomic E-state index is 0.0425. The molecule has 2 aliphatic rings. The molecule has 57 heavy (non-hydrogen) atoms. The van der Waals surface area contributed by atoms with Gasteiger partial charge in [0.25, 0.3) is 11.8 Å². The molecule has 0 spiro atoms. The zero-order chi connectivity index (χ0) is 40.1. The summed E-state index contributed by atoms with van der Waals surface area (Å²) in [6.45, 7) is 3.11. The van der Waals surface area contributed by atoms with Gasteiger partial charge < -0.3 is 29.7 Å². The highest BCUT2D eigenvalue weighted by molar-refractivity contribution is 7.17. The minimum atomic E-state index is -0.349. The van der Waals surface area contributed by atoms with Gasteiger partial charge in [-0.1, -0.05) is 36.4 Å². The van der Waals surface area contributed by atoms with Gasteiger partial charge in [-0.05, 0) is 116 Å². The van der Waals surface area contributed by atoms with Crippen LogP contribution in [0.3, 0.4) is 0 Å². The van der Waals surface area contributed by atoms with E-state index < -0.39 is 0 Å². The fourth-order valence-electron chi connectivity index (χ4n) is 7.16. The summed E-state index contributed by atoms with van der Waals surface area (Å²) in [4.78, 5) is 57.2. The van der Waals surface area contributed by atoms with Crippen molar-refractivity contribution in [3.63, 3.8) is 0 Å². The van der Waals surface area contributed by atoms with E-state index >= 15 is 0 Å². The fraction of sp³-hybridized carbons (Fsp3) is 0.422. The van der Waals surface area contributed by atoms with Crippen molar-refractivity contribution < 1.29 is 33.4 Å². The Morgan fingerprint density at radius 2 is 1.51 bits per heavy atom. The number of carbonyl (C=O) groups excluding carboxylic acids is 4. The summed E-state index contributed by atoms with van der Waals surface area (Å²) in [7, 11) is 4.79. The second-order valence-electron chi connectivity index (χ2n) is 14.8. The van der Waals surface area contributed by atoms with E-state index in [1.165, 1.54) is 18.4 Å². The Morgan fingerprint density at radius 3 is 2.21 bits per heavy atom. The molecule has 1 aromatic heterocycles. The van der Waals surface area contributed by atoms with Crippen LogP contribution in [0.2, 0.25) is 0 Å². The van der Waals surface area contributed by atoms with Crippen LogP contribution in [0.4, 0.5) is 10.7 Å². The van der Waals surface area contributed by atoms with Crippen molar-refractivity contribution in [1.29, 1.82) is 0 Å². The van der Waals surface area contributed by atoms with Gasteiger partial charge in [-0.3, -0.25) is 19.3 Å². The van der Waals surface area contributed by atoms with E-state index in [9.17, 15) is 19.2 Å². The first-order valence-electron chi connectivity index (χ1n) is 19.9. The van der Waals surface area contributed by atoms with Crippen LogP contribution in [0.15, 0.2) is 72.8 Å². The number of fused-ring (bicyclic) bond motifs is 1. The predicted molar refractivity (Wildman–Crippen MR) is 223 cm³/mol. The van der Waals surface area contributed by atoms with E-state index in [-0.39, 0.29) is 30.3 Å². The summed E-state index contributed by atoms with van der Waals surface area (Å²) in [5.41, 5.74) is 6.67. The van der Waals surface area contributed by atoms with Gasteiger partial charge in [0.2, 0.25) is 5.91 Å². The second-order valence-corrected chi connectivity index (χ2v) is 15.9. The highest BCUT2D eigenvalue weighted by Crippen LogP contribution is 2.39. The summed E-state index contributed by atoms with van der Waals surface area (Å²) in [6.07, 6.45) is 8.54. The van der Waals surface area contributed by atoms with Gasteiger partial charge in [0.15, 0.2) is 0 Å². The number of hydrogen-bond donors (Lipinski definition) is 2. The largest absolute Gasteiger partial charge is 0.465 e. The van der Waals surface area contributed by atoms with Crippen molar-refractivity contribution in [1.82, 2.24) is 9.80 Å². The second kappa shape index (κ2) is 20.5. The SMILES string of the molecule is COCCOCC(=O)N(C)CCCN(Cc1cccc(C(=O)Nc2sc3c(c2C(=O)Nc2ccc(CCc4ccc(C(=O)OC)cc4)cc2)CCCC3)c1)C1CC1. The number of likely N-dealkylation sites (N-methyl/N-ethyl adjacent to an activating group) is 1. The van der Waals surface area contributed by atoms with Crippen LogP contribution in [0, 0.1) is 0 Å². The lowest BCUT2D eigenvalue weighted by molar-refractivity contribution is -0.135. The van der Waals surface area contributed by atoms with Crippen LogP contribution in [-0.2, 0) is 51.2 Å². The topological polar surface area (TPSA) is 127 Å². The third-order valence-corrected chi connectivity index (χ3v) is 11.8. The molecule has 1 saturated carbocycles. The lowest BCUT2D eigenvalue weighted by Crippen LogP contribution is -2.34. The summed E-state index contributed by atoms with van der Waals surface area (Å²) in [5.74, 6) is -0.847. The molecule has 0 radical (unpaired) electrons. The maximum Gasteiger partial charge on any atom is 0.337 e. The van der Waals surface area contributed by atoms with Crippen LogP contribution in [0.5, 0.6) is 0 Å². The monoisotopic (exact) mass is 794 g/mol. The molecule has 0 saturated heterocycles. The van der Waals surface area contributed by atoms with E-state index in [1.807, 2.05) is 61.6 Å². The Balaban J connectivity index is 1.05. The third-order valence-electron chi connectivity index (χ3n) is 10.6. The number of thiophene rings is 1. The van der Waals surface area contributed by atoms with Crippen LogP contribution in [-0.4, -0.2) is 93.7 Å². The molecule has 6 rings (SSSR count). The highest BCUT2D eigenvalue weighted by atomic mass is 32.1. The average molecular weight is 795 g/mol. The number of methoxy groups -OCH3 is 2. The van der Waals surface area contributed by atoms with Gasteiger partial charge in [0, 0.05) is 56.0 Å². The first-order valence-corrected chi connectivity index (χ1v) is 20.7. The average Bonchev–Trinajstić information content (AvgIpc) is 4.02. The highest BCUT2D eigenvalue weighted by Gasteiger charge is 2.30. The van der Waals surface area contributed by atoms with Crippen molar-refractivity contribution in [2.45, 2.75) is 70.4 Å². The maximum absolute atomic E-state index is 13.9. The number of ether oxygens (including phenoxy) is 3. The molecule has 1 fully saturated rings. The number of nitrogens with zero attached hydrogens (tertiary/aromatic N) is 2. The van der Waals surface area contributed by atoms with Crippen molar-refractivity contribution in [2.75, 3.05) is 64.8 Å². The first-order chi connectivity index (χ1) is 27.7. The summed E-state index contributed by atoms with van der Waals surface area (Å²) >= 11 is 1.51. The smallest absolute Gasteiger partial charge is 0.337 e. The van der Waals surface area contributed by atoms with E-state index in [0.717, 1.165) is 91.5 Å². The van der Waals surface area contributed by atoms with Crippen molar-refractivity contribution in [3.8, 4) is 0 Å². The number of nitrogens with one attached hydrogen (secondary N) is 2. The van der Waals surface area contributed by atoms with E-state index in [2.05, 4.69) is 21.6 Å². The number of rotatable bonds is 20. The van der Waals surface area contributed by atoms with Gasteiger partial charge in [-0.25, -0.2) is 4.79 Å².